The Balaban J connectivity index is 1.81. The number of carbonyl (C=O) groups is 2. The van der Waals surface area contributed by atoms with Crippen LogP contribution in [0.15, 0.2) is 24.3 Å². The van der Waals surface area contributed by atoms with Gasteiger partial charge in [-0.2, -0.15) is 0 Å². The van der Waals surface area contributed by atoms with Crippen molar-refractivity contribution in [3.63, 3.8) is 0 Å². The molecular weight excluding hydrogens is 358 g/mol. The fraction of sp³-hybridized carbons (Fsp3) is 0.333. The third-order valence-electron chi connectivity index (χ3n) is 4.50. The van der Waals surface area contributed by atoms with Gasteiger partial charge in [0.1, 0.15) is 5.00 Å². The summed E-state index contributed by atoms with van der Waals surface area (Å²) in [4.78, 5) is 25.4. The van der Waals surface area contributed by atoms with Gasteiger partial charge in [-0.3, -0.25) is 10.1 Å². The van der Waals surface area contributed by atoms with Crippen molar-refractivity contribution in [2.75, 3.05) is 10.6 Å². The van der Waals surface area contributed by atoms with Gasteiger partial charge in [-0.1, -0.05) is 31.0 Å². The van der Waals surface area contributed by atoms with E-state index in [-0.39, 0.29) is 0 Å². The van der Waals surface area contributed by atoms with E-state index >= 15 is 0 Å². The first-order chi connectivity index (χ1) is 12.0. The van der Waals surface area contributed by atoms with Crippen molar-refractivity contribution in [2.24, 2.45) is 11.7 Å². The predicted octanol–water partition coefficient (Wildman–Crippen LogP) is 4.66. The molecule has 4 N–H and O–H groups in total. The van der Waals surface area contributed by atoms with Gasteiger partial charge in [0.2, 0.25) is 0 Å². The molecule has 0 saturated heterocycles. The van der Waals surface area contributed by atoms with Crippen molar-refractivity contribution in [1.29, 1.82) is 0 Å². The van der Waals surface area contributed by atoms with Gasteiger partial charge in [0.05, 0.1) is 5.56 Å². The van der Waals surface area contributed by atoms with Gasteiger partial charge in [-0.25, -0.2) is 4.79 Å². The maximum atomic E-state index is 12.3. The first kappa shape index (κ1) is 17.8. The number of primary amides is 1. The van der Waals surface area contributed by atoms with E-state index in [1.807, 2.05) is 0 Å². The molecule has 5 nitrogen and oxygen atoms in total. The van der Waals surface area contributed by atoms with Crippen molar-refractivity contribution >= 4 is 45.6 Å². The molecule has 1 aliphatic rings. The molecule has 1 heterocycles. The molecule has 1 aromatic heterocycles. The summed E-state index contributed by atoms with van der Waals surface area (Å²) in [6.45, 7) is 2.18. The second-order valence-electron chi connectivity index (χ2n) is 6.18. The van der Waals surface area contributed by atoms with E-state index in [4.69, 9.17) is 17.3 Å². The number of nitrogens with two attached hydrogens (primary N) is 1. The molecule has 1 unspecified atom stereocenters. The molecule has 25 heavy (non-hydrogen) atoms. The number of benzene rings is 1. The number of nitrogens with one attached hydrogen (secondary N) is 2. The lowest BCUT2D eigenvalue weighted by molar-refractivity contribution is 0.1000. The average molecular weight is 378 g/mol. The highest BCUT2D eigenvalue weighted by Crippen LogP contribution is 2.40. The van der Waals surface area contributed by atoms with Crippen molar-refractivity contribution in [1.82, 2.24) is 0 Å². The number of halogens is 1. The normalized spacial score (nSPS) is 16.2. The average Bonchev–Trinajstić information content (AvgIpc) is 2.91. The van der Waals surface area contributed by atoms with Crippen LogP contribution in [0.4, 0.5) is 15.5 Å². The van der Waals surface area contributed by atoms with Gasteiger partial charge in [-0.05, 0) is 48.9 Å². The Morgan fingerprint density at radius 1 is 1.36 bits per heavy atom. The SMILES string of the molecule is CCC1CCc2c(sc(NC(=O)Nc3cccc(Cl)c3)c2C(N)=O)C1. The van der Waals surface area contributed by atoms with E-state index in [1.165, 1.54) is 11.3 Å². The van der Waals surface area contributed by atoms with Crippen LogP contribution in [0.5, 0.6) is 0 Å². The first-order valence-electron chi connectivity index (χ1n) is 8.25. The number of amides is 3. The summed E-state index contributed by atoms with van der Waals surface area (Å²) in [5.41, 5.74) is 7.61. The minimum absolute atomic E-state index is 0.421. The Morgan fingerprint density at radius 3 is 2.84 bits per heavy atom. The molecule has 3 rings (SSSR count). The number of hydrogen-bond donors (Lipinski definition) is 3. The maximum absolute atomic E-state index is 12.3. The van der Waals surface area contributed by atoms with Gasteiger partial charge >= 0.3 is 6.03 Å². The smallest absolute Gasteiger partial charge is 0.324 e. The van der Waals surface area contributed by atoms with Crippen molar-refractivity contribution in [3.8, 4) is 0 Å². The number of thiophene rings is 1. The molecule has 1 atom stereocenters. The lowest BCUT2D eigenvalue weighted by Gasteiger charge is -2.20. The summed E-state index contributed by atoms with van der Waals surface area (Å²) in [6.07, 6.45) is 3.94. The van der Waals surface area contributed by atoms with E-state index in [9.17, 15) is 9.59 Å². The Bertz CT molecular complexity index is 819. The van der Waals surface area contributed by atoms with Gasteiger partial charge < -0.3 is 11.1 Å². The fourth-order valence-corrected chi connectivity index (χ4v) is 4.74. The molecule has 0 radical (unpaired) electrons. The van der Waals surface area contributed by atoms with Crippen molar-refractivity contribution in [3.05, 3.63) is 45.3 Å². The largest absolute Gasteiger partial charge is 0.365 e. The molecule has 7 heteroatoms. The summed E-state index contributed by atoms with van der Waals surface area (Å²) in [7, 11) is 0. The minimum atomic E-state index is -0.495. The van der Waals surface area contributed by atoms with E-state index in [0.717, 1.165) is 36.1 Å². The van der Waals surface area contributed by atoms with E-state index in [0.29, 0.717) is 27.2 Å². The molecule has 0 saturated carbocycles. The standard InChI is InChI=1S/C18H20ClN3O2S/c1-2-10-6-7-13-14(8-10)25-17(15(13)16(20)23)22-18(24)21-12-5-3-4-11(19)9-12/h3-5,9-10H,2,6-8H2,1H3,(H2,20,23)(H2,21,22,24). The monoisotopic (exact) mass is 377 g/mol. The number of urea groups is 1. The summed E-state index contributed by atoms with van der Waals surface area (Å²) in [5.74, 6) is 0.130. The maximum Gasteiger partial charge on any atom is 0.324 e. The first-order valence-corrected chi connectivity index (χ1v) is 9.45. The van der Waals surface area contributed by atoms with Crippen LogP contribution in [0.1, 0.15) is 40.6 Å². The second kappa shape index (κ2) is 7.45. The van der Waals surface area contributed by atoms with Crippen LogP contribution in [-0.4, -0.2) is 11.9 Å². The van der Waals surface area contributed by atoms with Crippen LogP contribution in [0.25, 0.3) is 0 Å². The zero-order chi connectivity index (χ0) is 18.0. The Kier molecular flexibility index (Phi) is 5.30. The van der Waals surface area contributed by atoms with Gasteiger partial charge in [0, 0.05) is 15.6 Å². The lowest BCUT2D eigenvalue weighted by atomic mass is 9.85. The number of hydrogen-bond acceptors (Lipinski definition) is 3. The molecular formula is C18H20ClN3O2S. The summed E-state index contributed by atoms with van der Waals surface area (Å²) < 4.78 is 0. The second-order valence-corrected chi connectivity index (χ2v) is 7.72. The summed E-state index contributed by atoms with van der Waals surface area (Å²) >= 11 is 7.37. The fourth-order valence-electron chi connectivity index (χ4n) is 3.18. The molecule has 132 valence electrons. The quantitative estimate of drug-likeness (QED) is 0.723. The predicted molar refractivity (Wildman–Crippen MR) is 103 cm³/mol. The Hall–Kier alpha value is -2.05. The van der Waals surface area contributed by atoms with Crippen LogP contribution in [0.2, 0.25) is 5.02 Å². The molecule has 2 aromatic rings. The number of fused-ring (bicyclic) bond motifs is 1. The molecule has 1 aliphatic carbocycles. The van der Waals surface area contributed by atoms with Crippen LogP contribution < -0.4 is 16.4 Å². The van der Waals surface area contributed by atoms with Crippen LogP contribution in [0, 0.1) is 5.92 Å². The number of carbonyl (C=O) groups excluding carboxylic acids is 2. The van der Waals surface area contributed by atoms with Gasteiger partial charge in [0.15, 0.2) is 0 Å². The molecule has 1 aromatic carbocycles. The van der Waals surface area contributed by atoms with Gasteiger partial charge in [0.25, 0.3) is 5.91 Å². The van der Waals surface area contributed by atoms with E-state index in [2.05, 4.69) is 17.6 Å². The van der Waals surface area contributed by atoms with Crippen molar-refractivity contribution < 1.29 is 9.59 Å². The van der Waals surface area contributed by atoms with Crippen LogP contribution >= 0.6 is 22.9 Å². The lowest BCUT2D eigenvalue weighted by Crippen LogP contribution is -2.22. The highest BCUT2D eigenvalue weighted by molar-refractivity contribution is 7.17. The van der Waals surface area contributed by atoms with Crippen molar-refractivity contribution in [2.45, 2.75) is 32.6 Å². The molecule has 0 spiro atoms. The minimum Gasteiger partial charge on any atom is -0.365 e. The topological polar surface area (TPSA) is 84.2 Å². The third-order valence-corrected chi connectivity index (χ3v) is 5.91. The Morgan fingerprint density at radius 2 is 2.16 bits per heavy atom. The number of rotatable bonds is 4. The zero-order valence-corrected chi connectivity index (χ0v) is 15.5. The summed E-state index contributed by atoms with van der Waals surface area (Å²) in [6, 6.07) is 6.46. The zero-order valence-electron chi connectivity index (χ0n) is 13.9. The summed E-state index contributed by atoms with van der Waals surface area (Å²) in [5, 5.41) is 6.55. The molecule has 0 aliphatic heterocycles. The van der Waals surface area contributed by atoms with E-state index < -0.39 is 11.9 Å². The van der Waals surface area contributed by atoms with E-state index in [1.54, 1.807) is 24.3 Å². The molecule has 0 fully saturated rings. The highest BCUT2D eigenvalue weighted by atomic mass is 35.5. The molecule has 0 bridgehead atoms. The molecule has 3 amide bonds. The van der Waals surface area contributed by atoms with Gasteiger partial charge in [-0.15, -0.1) is 11.3 Å². The third kappa shape index (κ3) is 3.96. The van der Waals surface area contributed by atoms with Crippen LogP contribution in [0.3, 0.4) is 0 Å². The number of anilines is 2. The highest BCUT2D eigenvalue weighted by Gasteiger charge is 2.28. The van der Waals surface area contributed by atoms with Crippen LogP contribution in [-0.2, 0) is 12.8 Å². The Labute approximate surface area is 155 Å².